The summed E-state index contributed by atoms with van der Waals surface area (Å²) in [6, 6.07) is 17.6. The molecule has 0 aliphatic heterocycles. The third kappa shape index (κ3) is 2.06. The van der Waals surface area contributed by atoms with Crippen LogP contribution in [-0.4, -0.2) is 0 Å². The first kappa shape index (κ1) is 9.10. The van der Waals surface area contributed by atoms with Crippen molar-refractivity contribution >= 4 is 11.6 Å². The monoisotopic (exact) mass is 203 g/mol. The van der Waals surface area contributed by atoms with E-state index in [9.17, 15) is 0 Å². The minimum atomic E-state index is 0.611. The van der Waals surface area contributed by atoms with Gasteiger partial charge >= 0.3 is 0 Å². The summed E-state index contributed by atoms with van der Waals surface area (Å²) in [5.74, 6) is 1.43. The minimum Gasteiger partial charge on any atom is -0.456 e. The predicted octanol–water partition coefficient (Wildman–Crippen LogP) is 3.93. The molecule has 2 aromatic rings. The van der Waals surface area contributed by atoms with Gasteiger partial charge in [-0.05, 0) is 30.3 Å². The zero-order valence-corrected chi connectivity index (χ0v) is 8.16. The van der Waals surface area contributed by atoms with Gasteiger partial charge in [-0.3, -0.25) is 0 Å². The highest BCUT2D eigenvalue weighted by molar-refractivity contribution is 6.32. The first-order chi connectivity index (χ1) is 6.86. The molecule has 2 heteroatoms. The molecule has 2 aromatic carbocycles. The van der Waals surface area contributed by atoms with Crippen molar-refractivity contribution in [2.75, 3.05) is 0 Å². The molecule has 0 N–H and O–H groups in total. The third-order valence-electron chi connectivity index (χ3n) is 1.75. The lowest BCUT2D eigenvalue weighted by atomic mass is 10.3. The normalized spacial score (nSPS) is 9.79. The van der Waals surface area contributed by atoms with E-state index < -0.39 is 0 Å². The van der Waals surface area contributed by atoms with E-state index in [-0.39, 0.29) is 0 Å². The fourth-order valence-corrected chi connectivity index (χ4v) is 1.27. The topological polar surface area (TPSA) is 9.23 Å². The number of ether oxygens (including phenoxy) is 1. The molecule has 0 bridgehead atoms. The third-order valence-corrected chi connectivity index (χ3v) is 2.06. The lowest BCUT2D eigenvalue weighted by Gasteiger charge is -2.06. The molecule has 14 heavy (non-hydrogen) atoms. The van der Waals surface area contributed by atoms with E-state index in [0.717, 1.165) is 5.75 Å². The maximum Gasteiger partial charge on any atom is 0.146 e. The van der Waals surface area contributed by atoms with Gasteiger partial charge in [0.05, 0.1) is 5.02 Å². The largest absolute Gasteiger partial charge is 0.456 e. The molecule has 0 fully saturated rings. The summed E-state index contributed by atoms with van der Waals surface area (Å²) in [5, 5.41) is 0.611. The Morgan fingerprint density at radius 3 is 2.43 bits per heavy atom. The Kier molecular flexibility index (Phi) is 2.70. The fourth-order valence-electron chi connectivity index (χ4n) is 1.09. The Morgan fingerprint density at radius 1 is 1.00 bits per heavy atom. The molecule has 0 saturated heterocycles. The lowest BCUT2D eigenvalue weighted by molar-refractivity contribution is 0.483. The van der Waals surface area contributed by atoms with Crippen molar-refractivity contribution in [3.8, 4) is 11.5 Å². The summed E-state index contributed by atoms with van der Waals surface area (Å²) in [6.07, 6.45) is 0. The van der Waals surface area contributed by atoms with Crippen LogP contribution < -0.4 is 4.74 Å². The molecule has 1 radical (unpaired) electrons. The number of halogens is 1. The molecule has 2 rings (SSSR count). The Labute approximate surface area is 87.9 Å². The predicted molar refractivity (Wildman–Crippen MR) is 56.8 cm³/mol. The molecule has 0 heterocycles. The van der Waals surface area contributed by atoms with E-state index in [2.05, 4.69) is 6.07 Å². The zero-order valence-electron chi connectivity index (χ0n) is 7.41. The van der Waals surface area contributed by atoms with Gasteiger partial charge in [0.2, 0.25) is 0 Å². The highest BCUT2D eigenvalue weighted by atomic mass is 35.5. The fraction of sp³-hybridized carbons (Fsp3) is 0. The van der Waals surface area contributed by atoms with E-state index in [4.69, 9.17) is 16.3 Å². The van der Waals surface area contributed by atoms with E-state index in [1.54, 1.807) is 18.2 Å². The smallest absolute Gasteiger partial charge is 0.146 e. The summed E-state index contributed by atoms with van der Waals surface area (Å²) in [4.78, 5) is 0. The average Bonchev–Trinajstić information content (AvgIpc) is 2.23. The molecule has 0 aliphatic carbocycles. The summed E-state index contributed by atoms with van der Waals surface area (Å²) in [5.41, 5.74) is 0. The quantitative estimate of drug-likeness (QED) is 0.719. The Morgan fingerprint density at radius 2 is 1.71 bits per heavy atom. The van der Waals surface area contributed by atoms with Crippen molar-refractivity contribution in [2.24, 2.45) is 0 Å². The number of hydrogen-bond acceptors (Lipinski definition) is 1. The van der Waals surface area contributed by atoms with Crippen LogP contribution in [0.1, 0.15) is 0 Å². The van der Waals surface area contributed by atoms with Crippen LogP contribution in [-0.2, 0) is 0 Å². The molecule has 0 saturated carbocycles. The highest BCUT2D eigenvalue weighted by Gasteiger charge is 2.00. The van der Waals surface area contributed by atoms with Gasteiger partial charge in [-0.15, -0.1) is 0 Å². The highest BCUT2D eigenvalue weighted by Crippen LogP contribution is 2.28. The molecular weight excluding hydrogens is 196 g/mol. The van der Waals surface area contributed by atoms with Gasteiger partial charge in [0.1, 0.15) is 11.5 Å². The van der Waals surface area contributed by atoms with Crippen LogP contribution in [0.3, 0.4) is 0 Å². The molecular formula is C12H8ClO. The summed E-state index contributed by atoms with van der Waals surface area (Å²) < 4.78 is 5.56. The van der Waals surface area contributed by atoms with Gasteiger partial charge in [-0.25, -0.2) is 0 Å². The van der Waals surface area contributed by atoms with Gasteiger partial charge in [0, 0.05) is 0 Å². The summed E-state index contributed by atoms with van der Waals surface area (Å²) in [7, 11) is 0. The first-order valence-corrected chi connectivity index (χ1v) is 4.62. The number of hydrogen-bond donors (Lipinski definition) is 0. The molecule has 1 nitrogen and oxygen atoms in total. The SMILES string of the molecule is Clc1ccccc1Oc1cc[c]cc1. The second-order valence-corrected chi connectivity index (χ2v) is 3.18. The standard InChI is InChI=1S/C12H8ClO/c13-11-8-4-5-9-12(11)14-10-6-2-1-3-7-10/h2-9H. The molecule has 0 aromatic heterocycles. The van der Waals surface area contributed by atoms with Crippen LogP contribution >= 0.6 is 11.6 Å². The number of benzene rings is 2. The van der Waals surface area contributed by atoms with Gasteiger partial charge in [0.15, 0.2) is 0 Å². The van der Waals surface area contributed by atoms with Crippen molar-refractivity contribution in [3.05, 3.63) is 59.6 Å². The van der Waals surface area contributed by atoms with Crippen molar-refractivity contribution in [1.29, 1.82) is 0 Å². The van der Waals surface area contributed by atoms with Crippen LogP contribution in [0, 0.1) is 6.07 Å². The van der Waals surface area contributed by atoms with E-state index in [1.807, 2.05) is 30.3 Å². The van der Waals surface area contributed by atoms with Crippen LogP contribution in [0.25, 0.3) is 0 Å². The number of para-hydroxylation sites is 1. The van der Waals surface area contributed by atoms with Gasteiger partial charge in [0.25, 0.3) is 0 Å². The first-order valence-electron chi connectivity index (χ1n) is 4.25. The number of rotatable bonds is 2. The van der Waals surface area contributed by atoms with Gasteiger partial charge in [-0.2, -0.15) is 0 Å². The van der Waals surface area contributed by atoms with Gasteiger partial charge < -0.3 is 4.74 Å². The van der Waals surface area contributed by atoms with Gasteiger partial charge in [-0.1, -0.05) is 35.9 Å². The van der Waals surface area contributed by atoms with Crippen molar-refractivity contribution < 1.29 is 4.74 Å². The average molecular weight is 204 g/mol. The maximum absolute atomic E-state index is 5.94. The van der Waals surface area contributed by atoms with E-state index in [0.29, 0.717) is 10.8 Å². The Hall–Kier alpha value is -1.47. The minimum absolute atomic E-state index is 0.611. The molecule has 69 valence electrons. The molecule has 0 amide bonds. The molecule has 0 aliphatic rings. The summed E-state index contributed by atoms with van der Waals surface area (Å²) >= 11 is 5.94. The molecule has 0 atom stereocenters. The van der Waals surface area contributed by atoms with Crippen LogP contribution in [0.4, 0.5) is 0 Å². The molecule has 0 unspecified atom stereocenters. The van der Waals surface area contributed by atoms with Crippen LogP contribution in [0.2, 0.25) is 5.02 Å². The summed E-state index contributed by atoms with van der Waals surface area (Å²) in [6.45, 7) is 0. The van der Waals surface area contributed by atoms with Crippen LogP contribution in [0.5, 0.6) is 11.5 Å². The Bertz CT molecular complexity index is 412. The second kappa shape index (κ2) is 4.16. The maximum atomic E-state index is 5.94. The van der Waals surface area contributed by atoms with Crippen molar-refractivity contribution in [2.45, 2.75) is 0 Å². The zero-order chi connectivity index (χ0) is 9.80. The van der Waals surface area contributed by atoms with Crippen molar-refractivity contribution in [1.82, 2.24) is 0 Å². The van der Waals surface area contributed by atoms with Crippen molar-refractivity contribution in [3.63, 3.8) is 0 Å². The lowest BCUT2D eigenvalue weighted by Crippen LogP contribution is -1.83. The second-order valence-electron chi connectivity index (χ2n) is 2.77. The molecule has 0 spiro atoms. The van der Waals surface area contributed by atoms with E-state index >= 15 is 0 Å². The van der Waals surface area contributed by atoms with Crippen LogP contribution in [0.15, 0.2) is 48.5 Å². The Balaban J connectivity index is 2.24. The van der Waals surface area contributed by atoms with E-state index in [1.165, 1.54) is 0 Å².